The molecule has 9 heteroatoms. The average Bonchev–Trinajstić information content (AvgIpc) is 3.10. The van der Waals surface area contributed by atoms with Gasteiger partial charge in [0.2, 0.25) is 10.0 Å². The molecule has 0 aliphatic heterocycles. The summed E-state index contributed by atoms with van der Waals surface area (Å²) in [5, 5.41) is 6.34. The van der Waals surface area contributed by atoms with Gasteiger partial charge in [0.15, 0.2) is 5.13 Å². The van der Waals surface area contributed by atoms with Crippen molar-refractivity contribution in [2.75, 3.05) is 17.6 Å². The number of hydrogen-bond acceptors (Lipinski definition) is 6. The van der Waals surface area contributed by atoms with Gasteiger partial charge in [0.1, 0.15) is 10.3 Å². The van der Waals surface area contributed by atoms with Gasteiger partial charge in [0, 0.05) is 18.0 Å². The molecule has 0 bridgehead atoms. The van der Waals surface area contributed by atoms with Crippen LogP contribution in [-0.2, 0) is 10.0 Å². The van der Waals surface area contributed by atoms with Gasteiger partial charge in [-0.25, -0.2) is 23.1 Å². The Bertz CT molecular complexity index is 849. The van der Waals surface area contributed by atoms with E-state index in [9.17, 15) is 8.42 Å². The van der Waals surface area contributed by atoms with Gasteiger partial charge in [-0.2, -0.15) is 0 Å². The zero-order valence-electron chi connectivity index (χ0n) is 15.3. The van der Waals surface area contributed by atoms with Crippen molar-refractivity contribution in [2.24, 2.45) is 5.92 Å². The standard InChI is InChI=1S/C18H25BrN4O2S2/c1-2-10-27(24,25)23-14-8-6-13(7-9-14)11-20-18-22-16(12-26-18)15-4-3-5-17(19)21-15/h3-5,12-14,23H,2,6-11H2,1H3,(H,20,22). The number of nitrogens with one attached hydrogen (secondary N) is 2. The summed E-state index contributed by atoms with van der Waals surface area (Å²) in [5.41, 5.74) is 1.73. The van der Waals surface area contributed by atoms with Crippen LogP contribution in [-0.4, -0.2) is 36.7 Å². The Kier molecular flexibility index (Phi) is 7.24. The molecule has 2 N–H and O–H groups in total. The van der Waals surface area contributed by atoms with E-state index < -0.39 is 10.0 Å². The van der Waals surface area contributed by atoms with E-state index in [4.69, 9.17) is 0 Å². The maximum atomic E-state index is 11.9. The highest BCUT2D eigenvalue weighted by Crippen LogP contribution is 2.28. The molecule has 1 aliphatic rings. The van der Waals surface area contributed by atoms with Crippen molar-refractivity contribution in [1.82, 2.24) is 14.7 Å². The van der Waals surface area contributed by atoms with Crippen molar-refractivity contribution >= 4 is 42.4 Å². The number of aromatic nitrogens is 2. The molecule has 2 aromatic rings. The second-order valence-electron chi connectivity index (χ2n) is 6.92. The lowest BCUT2D eigenvalue weighted by Gasteiger charge is -2.29. The second-order valence-corrected chi connectivity index (χ2v) is 10.5. The van der Waals surface area contributed by atoms with Crippen molar-refractivity contribution in [3.63, 3.8) is 0 Å². The van der Waals surface area contributed by atoms with Crippen LogP contribution in [0.25, 0.3) is 11.4 Å². The first-order chi connectivity index (χ1) is 12.9. The number of halogens is 1. The normalized spacial score (nSPS) is 20.5. The molecule has 1 saturated carbocycles. The minimum Gasteiger partial charge on any atom is -0.361 e. The maximum absolute atomic E-state index is 11.9. The minimum atomic E-state index is -3.11. The van der Waals surface area contributed by atoms with E-state index in [1.807, 2.05) is 30.5 Å². The summed E-state index contributed by atoms with van der Waals surface area (Å²) in [6, 6.07) is 5.89. The largest absolute Gasteiger partial charge is 0.361 e. The van der Waals surface area contributed by atoms with Gasteiger partial charge in [0.05, 0.1) is 11.4 Å². The zero-order chi connectivity index (χ0) is 19.3. The first-order valence-electron chi connectivity index (χ1n) is 9.27. The lowest BCUT2D eigenvalue weighted by Crippen LogP contribution is -2.39. The molecule has 148 valence electrons. The Morgan fingerprint density at radius 1 is 1.19 bits per heavy atom. The summed E-state index contributed by atoms with van der Waals surface area (Å²) in [6.45, 7) is 2.76. The lowest BCUT2D eigenvalue weighted by atomic mass is 9.86. The number of rotatable bonds is 8. The van der Waals surface area contributed by atoms with Crippen LogP contribution >= 0.6 is 27.3 Å². The van der Waals surface area contributed by atoms with Crippen molar-refractivity contribution in [2.45, 2.75) is 45.1 Å². The molecular weight excluding hydrogens is 448 g/mol. The van der Waals surface area contributed by atoms with E-state index in [1.165, 1.54) is 0 Å². The Hall–Kier alpha value is -1.03. The van der Waals surface area contributed by atoms with Gasteiger partial charge < -0.3 is 5.32 Å². The highest BCUT2D eigenvalue weighted by molar-refractivity contribution is 9.10. The molecule has 2 aromatic heterocycles. The molecule has 0 atom stereocenters. The highest BCUT2D eigenvalue weighted by Gasteiger charge is 2.24. The molecule has 0 unspecified atom stereocenters. The Morgan fingerprint density at radius 3 is 2.67 bits per heavy atom. The van der Waals surface area contributed by atoms with Crippen LogP contribution < -0.4 is 10.0 Å². The summed E-state index contributed by atoms with van der Waals surface area (Å²) in [6.07, 6.45) is 4.51. The van der Waals surface area contributed by atoms with Crippen molar-refractivity contribution in [3.8, 4) is 11.4 Å². The van der Waals surface area contributed by atoms with E-state index >= 15 is 0 Å². The molecule has 6 nitrogen and oxygen atoms in total. The molecule has 0 aromatic carbocycles. The predicted octanol–water partition coefficient (Wildman–Crippen LogP) is 4.27. The van der Waals surface area contributed by atoms with Gasteiger partial charge in [-0.15, -0.1) is 11.3 Å². The van der Waals surface area contributed by atoms with E-state index in [-0.39, 0.29) is 11.8 Å². The SMILES string of the molecule is CCCS(=O)(=O)NC1CCC(CNc2nc(-c3cccc(Br)n3)cs2)CC1. The molecule has 0 radical (unpaired) electrons. The molecular formula is C18H25BrN4O2S2. The summed E-state index contributed by atoms with van der Waals surface area (Å²) < 4.78 is 27.4. The molecule has 0 spiro atoms. The van der Waals surface area contributed by atoms with Crippen LogP contribution in [0.15, 0.2) is 28.2 Å². The molecule has 1 fully saturated rings. The van der Waals surface area contributed by atoms with E-state index in [2.05, 4.69) is 35.9 Å². The van der Waals surface area contributed by atoms with E-state index in [1.54, 1.807) is 11.3 Å². The van der Waals surface area contributed by atoms with E-state index in [0.717, 1.165) is 53.4 Å². The average molecular weight is 473 g/mol. The van der Waals surface area contributed by atoms with Crippen LogP contribution in [0.2, 0.25) is 0 Å². The molecule has 3 rings (SSSR count). The number of anilines is 1. The van der Waals surface area contributed by atoms with Crippen LogP contribution in [0.1, 0.15) is 39.0 Å². The second kappa shape index (κ2) is 9.45. The lowest BCUT2D eigenvalue weighted by molar-refractivity contribution is 0.324. The van der Waals surface area contributed by atoms with Crippen molar-refractivity contribution in [3.05, 3.63) is 28.2 Å². The monoisotopic (exact) mass is 472 g/mol. The Labute approximate surface area is 173 Å². The van der Waals surface area contributed by atoms with Crippen LogP contribution in [0.3, 0.4) is 0 Å². The third kappa shape index (κ3) is 6.23. The molecule has 27 heavy (non-hydrogen) atoms. The molecule has 0 amide bonds. The van der Waals surface area contributed by atoms with Crippen molar-refractivity contribution in [1.29, 1.82) is 0 Å². The predicted molar refractivity (Wildman–Crippen MR) is 114 cm³/mol. The fraction of sp³-hybridized carbons (Fsp3) is 0.556. The van der Waals surface area contributed by atoms with Crippen LogP contribution in [0.4, 0.5) is 5.13 Å². The molecule has 2 heterocycles. The van der Waals surface area contributed by atoms with Crippen LogP contribution in [0, 0.1) is 5.92 Å². The van der Waals surface area contributed by atoms with Gasteiger partial charge in [0.25, 0.3) is 0 Å². The number of sulfonamides is 1. The highest BCUT2D eigenvalue weighted by atomic mass is 79.9. The Morgan fingerprint density at radius 2 is 1.96 bits per heavy atom. The first-order valence-corrected chi connectivity index (χ1v) is 12.6. The van der Waals surface area contributed by atoms with Gasteiger partial charge >= 0.3 is 0 Å². The fourth-order valence-electron chi connectivity index (χ4n) is 3.32. The smallest absolute Gasteiger partial charge is 0.211 e. The topological polar surface area (TPSA) is 84.0 Å². The maximum Gasteiger partial charge on any atom is 0.211 e. The first kappa shape index (κ1) is 20.7. The number of pyridine rings is 1. The number of thiazole rings is 1. The molecule has 0 saturated heterocycles. The summed E-state index contributed by atoms with van der Waals surface area (Å²) >= 11 is 4.97. The summed E-state index contributed by atoms with van der Waals surface area (Å²) in [4.78, 5) is 9.06. The Balaban J connectivity index is 1.45. The summed E-state index contributed by atoms with van der Waals surface area (Å²) in [7, 11) is -3.11. The van der Waals surface area contributed by atoms with Crippen molar-refractivity contribution < 1.29 is 8.42 Å². The van der Waals surface area contributed by atoms with Gasteiger partial charge in [-0.3, -0.25) is 0 Å². The molecule has 1 aliphatic carbocycles. The quantitative estimate of drug-likeness (QED) is 0.560. The van der Waals surface area contributed by atoms with Crippen LogP contribution in [0.5, 0.6) is 0 Å². The van der Waals surface area contributed by atoms with Gasteiger partial charge in [-0.05, 0) is 66.1 Å². The summed E-state index contributed by atoms with van der Waals surface area (Å²) in [5.74, 6) is 0.765. The minimum absolute atomic E-state index is 0.0897. The number of hydrogen-bond donors (Lipinski definition) is 2. The van der Waals surface area contributed by atoms with Gasteiger partial charge in [-0.1, -0.05) is 13.0 Å². The zero-order valence-corrected chi connectivity index (χ0v) is 18.5. The third-order valence-electron chi connectivity index (χ3n) is 4.69. The number of nitrogens with zero attached hydrogens (tertiary/aromatic N) is 2. The van der Waals surface area contributed by atoms with E-state index in [0.29, 0.717) is 12.3 Å². The fourth-order valence-corrected chi connectivity index (χ4v) is 5.78. The third-order valence-corrected chi connectivity index (χ3v) is 7.57.